The Labute approximate surface area is 257 Å². The fourth-order valence-electron chi connectivity index (χ4n) is 5.76. The number of benzene rings is 2. The Balaban J connectivity index is 0.00000370. The highest BCUT2D eigenvalue weighted by Gasteiger charge is 2.40. The maximum absolute atomic E-state index is 13.2. The average molecular weight is 629 g/mol. The fourth-order valence-corrected chi connectivity index (χ4v) is 6.55. The predicted octanol–water partition coefficient (Wildman–Crippen LogP) is 3.93. The Morgan fingerprint density at radius 2 is 1.57 bits per heavy atom. The van der Waals surface area contributed by atoms with Gasteiger partial charge in [0.1, 0.15) is 0 Å². The molecule has 0 bridgehead atoms. The lowest BCUT2D eigenvalue weighted by Crippen LogP contribution is -2.61. The van der Waals surface area contributed by atoms with Crippen molar-refractivity contribution in [3.63, 3.8) is 0 Å². The van der Waals surface area contributed by atoms with Crippen LogP contribution in [-0.4, -0.2) is 89.0 Å². The second-order valence-electron chi connectivity index (χ2n) is 11.0. The molecule has 0 aromatic heterocycles. The molecule has 2 atom stereocenters. The largest absolute Gasteiger partial charge is 0.380 e. The highest BCUT2D eigenvalue weighted by molar-refractivity contribution is 7.59. The maximum atomic E-state index is 13.2. The van der Waals surface area contributed by atoms with Gasteiger partial charge in [-0.1, -0.05) is 34.8 Å². The summed E-state index contributed by atoms with van der Waals surface area (Å²) < 4.78 is 0. The fraction of sp³-hybridized carbons (Fsp3) is 0.500. The monoisotopic (exact) mass is 627 g/mol. The van der Waals surface area contributed by atoms with E-state index in [1.54, 1.807) is 34.1 Å². The molecule has 4 N–H and O–H groups in total. The van der Waals surface area contributed by atoms with E-state index in [9.17, 15) is 14.7 Å². The third-order valence-corrected chi connectivity index (χ3v) is 8.85. The molecular weight excluding hydrogens is 593 g/mol. The number of anilines is 1. The van der Waals surface area contributed by atoms with Gasteiger partial charge in [-0.05, 0) is 68.1 Å². The molecule has 2 amide bonds. The van der Waals surface area contributed by atoms with Gasteiger partial charge in [-0.15, -0.1) is 0 Å². The Morgan fingerprint density at radius 1 is 0.950 bits per heavy atom. The average Bonchev–Trinajstić information content (AvgIpc) is 3.31. The van der Waals surface area contributed by atoms with Crippen molar-refractivity contribution in [2.45, 2.75) is 49.9 Å². The van der Waals surface area contributed by atoms with Crippen molar-refractivity contribution in [2.75, 3.05) is 44.6 Å². The van der Waals surface area contributed by atoms with Crippen molar-refractivity contribution in [1.82, 2.24) is 14.7 Å². The molecule has 3 heterocycles. The van der Waals surface area contributed by atoms with E-state index in [2.05, 4.69) is 10.2 Å². The summed E-state index contributed by atoms with van der Waals surface area (Å²) in [7, 11) is 0. The molecule has 12 heteroatoms. The number of nitrogens with two attached hydrogens (primary N) is 1. The lowest BCUT2D eigenvalue weighted by atomic mass is 9.92. The van der Waals surface area contributed by atoms with Crippen molar-refractivity contribution >= 4 is 65.8 Å². The molecule has 0 radical (unpaired) electrons. The second-order valence-corrected chi connectivity index (χ2v) is 12.3. The van der Waals surface area contributed by atoms with E-state index < -0.39 is 5.60 Å². The normalized spacial score (nSPS) is 21.9. The van der Waals surface area contributed by atoms with E-state index in [1.807, 2.05) is 12.1 Å². The predicted molar refractivity (Wildman–Crippen MR) is 165 cm³/mol. The Kier molecular flexibility index (Phi) is 9.87. The number of aliphatic hydroxyl groups is 1. The van der Waals surface area contributed by atoms with Crippen LogP contribution in [0.5, 0.6) is 0 Å². The second kappa shape index (κ2) is 12.7. The minimum atomic E-state index is -1.70. The number of piperidine rings is 1. The van der Waals surface area contributed by atoms with Crippen LogP contribution in [0.4, 0.5) is 5.69 Å². The molecule has 40 heavy (non-hydrogen) atoms. The van der Waals surface area contributed by atoms with E-state index in [1.165, 1.54) is 6.92 Å². The zero-order valence-electron chi connectivity index (χ0n) is 22.4. The summed E-state index contributed by atoms with van der Waals surface area (Å²) in [6, 6.07) is 10.9. The van der Waals surface area contributed by atoms with Crippen LogP contribution in [0.2, 0.25) is 15.1 Å². The van der Waals surface area contributed by atoms with Gasteiger partial charge in [0.2, 0.25) is 0 Å². The molecule has 3 saturated heterocycles. The Hall–Kier alpha value is -1.72. The van der Waals surface area contributed by atoms with Crippen molar-refractivity contribution in [3.05, 3.63) is 62.6 Å². The lowest BCUT2D eigenvalue weighted by Gasteiger charge is -2.48. The zero-order valence-corrected chi connectivity index (χ0v) is 25.6. The lowest BCUT2D eigenvalue weighted by molar-refractivity contribution is -0.152. The standard InChI is InChI=1S/C28H34Cl3N5O3.H2S/c1-28(39,17-10-18(29)12-19(30)11-17)27(38)34-8-5-23(6-9-34)36-15-22(16-36)33-21-2-3-24(25(31)13-21)26(37)35-7-4-20(32)14-35;/h2-3,10-13,20,22-23,33,39H,4-9,14-16,32H2,1H3;1H2/t20?,28-;/m0./s1. The number of rotatable bonds is 6. The van der Waals surface area contributed by atoms with Crippen molar-refractivity contribution < 1.29 is 14.7 Å². The minimum absolute atomic E-state index is 0. The number of carbonyl (C=O) groups excluding carboxylic acids is 2. The number of nitrogens with one attached hydrogen (secondary N) is 1. The molecule has 1 unspecified atom stereocenters. The van der Waals surface area contributed by atoms with Gasteiger partial charge in [-0.2, -0.15) is 13.5 Å². The highest BCUT2D eigenvalue weighted by atomic mass is 35.5. The van der Waals surface area contributed by atoms with Gasteiger partial charge in [0.15, 0.2) is 5.60 Å². The SMILES string of the molecule is C[C@@](O)(C(=O)N1CCC(N2CC(Nc3ccc(C(=O)N4CCC(N)C4)c(Cl)c3)C2)CC1)c1cc(Cl)cc(Cl)c1.S. The number of nitrogens with zero attached hydrogens (tertiary/aromatic N) is 3. The van der Waals surface area contributed by atoms with E-state index in [0.29, 0.717) is 58.4 Å². The summed E-state index contributed by atoms with van der Waals surface area (Å²) in [6.45, 7) is 5.66. The van der Waals surface area contributed by atoms with Crippen LogP contribution in [0.25, 0.3) is 0 Å². The van der Waals surface area contributed by atoms with Crippen LogP contribution in [-0.2, 0) is 10.4 Å². The molecule has 218 valence electrons. The van der Waals surface area contributed by atoms with Crippen LogP contribution in [0.15, 0.2) is 36.4 Å². The summed E-state index contributed by atoms with van der Waals surface area (Å²) in [6.07, 6.45) is 2.50. The van der Waals surface area contributed by atoms with Crippen molar-refractivity contribution in [3.8, 4) is 0 Å². The van der Waals surface area contributed by atoms with Gasteiger partial charge in [0.05, 0.1) is 16.6 Å². The first-order valence-corrected chi connectivity index (χ1v) is 14.5. The van der Waals surface area contributed by atoms with E-state index in [0.717, 1.165) is 38.0 Å². The van der Waals surface area contributed by atoms with Crippen molar-refractivity contribution in [1.29, 1.82) is 0 Å². The molecule has 8 nitrogen and oxygen atoms in total. The van der Waals surface area contributed by atoms with Gasteiger partial charge in [-0.25, -0.2) is 0 Å². The first-order chi connectivity index (χ1) is 18.5. The summed E-state index contributed by atoms with van der Waals surface area (Å²) in [5, 5.41) is 15.7. The topological polar surface area (TPSA) is 102 Å². The van der Waals surface area contributed by atoms with Gasteiger partial charge < -0.3 is 26.0 Å². The number of amides is 2. The maximum Gasteiger partial charge on any atom is 0.258 e. The number of likely N-dealkylation sites (tertiary alicyclic amines) is 3. The Bertz CT molecular complexity index is 1230. The number of hydrogen-bond acceptors (Lipinski definition) is 6. The summed E-state index contributed by atoms with van der Waals surface area (Å²) in [5.41, 5.74) is 6.03. The highest BCUT2D eigenvalue weighted by Crippen LogP contribution is 2.32. The van der Waals surface area contributed by atoms with Crippen LogP contribution in [0, 0.1) is 0 Å². The van der Waals surface area contributed by atoms with Crippen molar-refractivity contribution in [2.24, 2.45) is 5.73 Å². The minimum Gasteiger partial charge on any atom is -0.380 e. The van der Waals surface area contributed by atoms with Crippen LogP contribution in [0.1, 0.15) is 42.1 Å². The third-order valence-electron chi connectivity index (χ3n) is 8.10. The van der Waals surface area contributed by atoms with Crippen LogP contribution in [0.3, 0.4) is 0 Å². The van der Waals surface area contributed by atoms with Gasteiger partial charge in [0, 0.05) is 67.1 Å². The van der Waals surface area contributed by atoms with E-state index >= 15 is 0 Å². The number of halogens is 3. The molecule has 3 aliphatic heterocycles. The van der Waals surface area contributed by atoms with E-state index in [4.69, 9.17) is 40.5 Å². The van der Waals surface area contributed by atoms with E-state index in [-0.39, 0.29) is 37.4 Å². The molecule has 3 aliphatic rings. The van der Waals surface area contributed by atoms with Gasteiger partial charge in [-0.3, -0.25) is 14.5 Å². The molecule has 0 aliphatic carbocycles. The summed E-state index contributed by atoms with van der Waals surface area (Å²) >= 11 is 18.6. The first kappa shape index (κ1) is 31.2. The third kappa shape index (κ3) is 6.67. The smallest absolute Gasteiger partial charge is 0.258 e. The summed E-state index contributed by atoms with van der Waals surface area (Å²) in [4.78, 5) is 31.8. The molecule has 3 fully saturated rings. The van der Waals surface area contributed by atoms with Crippen LogP contribution < -0.4 is 11.1 Å². The molecule has 5 rings (SSSR count). The summed E-state index contributed by atoms with van der Waals surface area (Å²) in [5.74, 6) is -0.411. The number of hydrogen-bond donors (Lipinski definition) is 3. The quantitative estimate of drug-likeness (QED) is 0.448. The molecule has 0 saturated carbocycles. The van der Waals surface area contributed by atoms with Gasteiger partial charge >= 0.3 is 0 Å². The molecule has 2 aromatic rings. The Morgan fingerprint density at radius 3 is 2.15 bits per heavy atom. The molecule has 0 spiro atoms. The molecular formula is C28H36Cl3N5O3S. The molecule has 2 aromatic carbocycles. The number of carbonyl (C=O) groups is 2. The van der Waals surface area contributed by atoms with Crippen LogP contribution >= 0.6 is 48.3 Å². The zero-order chi connectivity index (χ0) is 27.9. The first-order valence-electron chi connectivity index (χ1n) is 13.3. The van der Waals surface area contributed by atoms with Gasteiger partial charge in [0.25, 0.3) is 11.8 Å².